The van der Waals surface area contributed by atoms with Gasteiger partial charge in [0.1, 0.15) is 0 Å². The van der Waals surface area contributed by atoms with Gasteiger partial charge in [0, 0.05) is 12.6 Å². The van der Waals surface area contributed by atoms with Crippen molar-refractivity contribution >= 4 is 11.6 Å². The summed E-state index contributed by atoms with van der Waals surface area (Å²) in [5.41, 5.74) is 5.05. The Morgan fingerprint density at radius 2 is 2.22 bits per heavy atom. The second-order valence-electron chi connectivity index (χ2n) is 5.04. The Kier molecular flexibility index (Phi) is 3.87. The molecule has 4 heteroatoms. The molecule has 1 aromatic carbocycles. The van der Waals surface area contributed by atoms with Crippen LogP contribution < -0.4 is 11.3 Å². The maximum absolute atomic E-state index is 12.6. The number of nitrogens with one attached hydrogen (secondary N) is 1. The standard InChI is InChI=1S/C14H21N3O/c1-10-6-7-13(16-15)12(9-10)14(18)17-8-4-3-5-11(17)2/h6-7,9,11,16H,3-5,8,15H2,1-2H3. The highest BCUT2D eigenvalue weighted by Gasteiger charge is 2.25. The molecule has 4 nitrogen and oxygen atoms in total. The number of nitrogens with zero attached hydrogens (tertiary/aromatic N) is 1. The molecule has 0 saturated carbocycles. The number of piperidine rings is 1. The normalized spacial score (nSPS) is 19.7. The van der Waals surface area contributed by atoms with Crippen LogP contribution >= 0.6 is 0 Å². The zero-order chi connectivity index (χ0) is 13.1. The first-order valence-corrected chi connectivity index (χ1v) is 6.51. The van der Waals surface area contributed by atoms with Crippen molar-refractivity contribution in [1.29, 1.82) is 0 Å². The van der Waals surface area contributed by atoms with Gasteiger partial charge in [0.25, 0.3) is 5.91 Å². The number of carbonyl (C=O) groups excluding carboxylic acids is 1. The van der Waals surface area contributed by atoms with Crippen molar-refractivity contribution in [2.75, 3.05) is 12.0 Å². The highest BCUT2D eigenvalue weighted by Crippen LogP contribution is 2.23. The molecule has 0 aromatic heterocycles. The molecule has 1 saturated heterocycles. The number of hydrogen-bond donors (Lipinski definition) is 2. The van der Waals surface area contributed by atoms with E-state index in [2.05, 4.69) is 12.3 Å². The lowest BCUT2D eigenvalue weighted by Gasteiger charge is -2.34. The average molecular weight is 247 g/mol. The van der Waals surface area contributed by atoms with E-state index in [9.17, 15) is 4.79 Å². The lowest BCUT2D eigenvalue weighted by atomic mass is 10.0. The summed E-state index contributed by atoms with van der Waals surface area (Å²) in [5.74, 6) is 5.56. The molecule has 98 valence electrons. The molecule has 1 fully saturated rings. The molecule has 1 amide bonds. The molecule has 1 unspecified atom stereocenters. The first-order chi connectivity index (χ1) is 8.63. The lowest BCUT2D eigenvalue weighted by molar-refractivity contribution is 0.0636. The SMILES string of the molecule is Cc1ccc(NN)c(C(=O)N2CCCCC2C)c1. The zero-order valence-electron chi connectivity index (χ0n) is 11.1. The molecule has 1 aliphatic heterocycles. The third-order valence-corrected chi connectivity index (χ3v) is 3.62. The molecule has 0 aliphatic carbocycles. The Morgan fingerprint density at radius 3 is 2.89 bits per heavy atom. The van der Waals surface area contributed by atoms with Gasteiger partial charge in [0.15, 0.2) is 0 Å². The topological polar surface area (TPSA) is 58.4 Å². The fourth-order valence-electron chi connectivity index (χ4n) is 2.52. The summed E-state index contributed by atoms with van der Waals surface area (Å²) in [6.45, 7) is 4.94. The van der Waals surface area contributed by atoms with Crippen molar-refractivity contribution in [3.63, 3.8) is 0 Å². The van der Waals surface area contributed by atoms with Crippen LogP contribution in [0.2, 0.25) is 0 Å². The van der Waals surface area contributed by atoms with Gasteiger partial charge in [-0.15, -0.1) is 0 Å². The molecule has 0 bridgehead atoms. The summed E-state index contributed by atoms with van der Waals surface area (Å²) in [4.78, 5) is 14.5. The number of likely N-dealkylation sites (tertiary alicyclic amines) is 1. The quantitative estimate of drug-likeness (QED) is 0.622. The van der Waals surface area contributed by atoms with Crippen molar-refractivity contribution in [3.8, 4) is 0 Å². The van der Waals surface area contributed by atoms with E-state index in [-0.39, 0.29) is 5.91 Å². The first kappa shape index (κ1) is 12.9. The van der Waals surface area contributed by atoms with Crippen LogP contribution in [0.15, 0.2) is 18.2 Å². The van der Waals surface area contributed by atoms with Crippen LogP contribution in [-0.2, 0) is 0 Å². The molecular formula is C14H21N3O. The van der Waals surface area contributed by atoms with Gasteiger partial charge in [-0.05, 0) is 45.2 Å². The van der Waals surface area contributed by atoms with Crippen LogP contribution in [0.4, 0.5) is 5.69 Å². The molecule has 0 spiro atoms. The van der Waals surface area contributed by atoms with Crippen molar-refractivity contribution in [2.24, 2.45) is 5.84 Å². The predicted molar refractivity (Wildman–Crippen MR) is 73.3 cm³/mol. The summed E-state index contributed by atoms with van der Waals surface area (Å²) in [6, 6.07) is 6.03. The fraction of sp³-hybridized carbons (Fsp3) is 0.500. The number of hydrazine groups is 1. The highest BCUT2D eigenvalue weighted by molar-refractivity contribution is 6.00. The molecule has 1 aromatic rings. The lowest BCUT2D eigenvalue weighted by Crippen LogP contribution is -2.42. The Balaban J connectivity index is 2.29. The van der Waals surface area contributed by atoms with Gasteiger partial charge < -0.3 is 10.3 Å². The number of rotatable bonds is 2. The van der Waals surface area contributed by atoms with Gasteiger partial charge in [-0.2, -0.15) is 0 Å². The number of amides is 1. The first-order valence-electron chi connectivity index (χ1n) is 6.51. The van der Waals surface area contributed by atoms with E-state index >= 15 is 0 Å². The minimum Gasteiger partial charge on any atom is -0.336 e. The second kappa shape index (κ2) is 5.40. The van der Waals surface area contributed by atoms with Crippen molar-refractivity contribution in [1.82, 2.24) is 4.90 Å². The van der Waals surface area contributed by atoms with Crippen LogP contribution in [0, 0.1) is 6.92 Å². The maximum atomic E-state index is 12.6. The van der Waals surface area contributed by atoms with E-state index < -0.39 is 0 Å². The number of benzene rings is 1. The second-order valence-corrected chi connectivity index (χ2v) is 5.04. The molecule has 1 heterocycles. The summed E-state index contributed by atoms with van der Waals surface area (Å²) in [7, 11) is 0. The van der Waals surface area contributed by atoms with Gasteiger partial charge in [-0.3, -0.25) is 10.6 Å². The van der Waals surface area contributed by atoms with Crippen LogP contribution in [0.3, 0.4) is 0 Å². The number of nitrogen functional groups attached to an aromatic ring is 1. The van der Waals surface area contributed by atoms with E-state index in [4.69, 9.17) is 5.84 Å². The van der Waals surface area contributed by atoms with Crippen molar-refractivity contribution in [3.05, 3.63) is 29.3 Å². The average Bonchev–Trinajstić information content (AvgIpc) is 2.38. The Bertz CT molecular complexity index is 445. The number of carbonyl (C=O) groups is 1. The zero-order valence-corrected chi connectivity index (χ0v) is 11.1. The summed E-state index contributed by atoms with van der Waals surface area (Å²) in [5, 5.41) is 0. The number of anilines is 1. The number of nitrogens with two attached hydrogens (primary N) is 1. The minimum absolute atomic E-state index is 0.0823. The van der Waals surface area contributed by atoms with Crippen LogP contribution in [-0.4, -0.2) is 23.4 Å². The molecule has 0 radical (unpaired) electrons. The fourth-order valence-corrected chi connectivity index (χ4v) is 2.52. The Morgan fingerprint density at radius 1 is 1.44 bits per heavy atom. The molecule has 1 atom stereocenters. The smallest absolute Gasteiger partial charge is 0.256 e. The molecular weight excluding hydrogens is 226 g/mol. The molecule has 18 heavy (non-hydrogen) atoms. The highest BCUT2D eigenvalue weighted by atomic mass is 16.2. The summed E-state index contributed by atoms with van der Waals surface area (Å²) < 4.78 is 0. The summed E-state index contributed by atoms with van der Waals surface area (Å²) in [6.07, 6.45) is 3.39. The van der Waals surface area contributed by atoms with Gasteiger partial charge in [0.2, 0.25) is 0 Å². The predicted octanol–water partition coefficient (Wildman–Crippen LogP) is 2.30. The van der Waals surface area contributed by atoms with E-state index in [1.54, 1.807) is 0 Å². The maximum Gasteiger partial charge on any atom is 0.256 e. The third kappa shape index (κ3) is 2.48. The Labute approximate surface area is 108 Å². The molecule has 2 rings (SSSR count). The monoisotopic (exact) mass is 247 g/mol. The van der Waals surface area contributed by atoms with E-state index in [1.807, 2.05) is 30.0 Å². The number of aryl methyl sites for hydroxylation is 1. The van der Waals surface area contributed by atoms with E-state index in [0.29, 0.717) is 17.3 Å². The van der Waals surface area contributed by atoms with Gasteiger partial charge in [-0.1, -0.05) is 11.6 Å². The van der Waals surface area contributed by atoms with Gasteiger partial charge in [0.05, 0.1) is 11.3 Å². The number of hydrogen-bond acceptors (Lipinski definition) is 3. The molecule has 1 aliphatic rings. The van der Waals surface area contributed by atoms with Gasteiger partial charge in [-0.25, -0.2) is 0 Å². The summed E-state index contributed by atoms with van der Waals surface area (Å²) >= 11 is 0. The van der Waals surface area contributed by atoms with Crippen LogP contribution in [0.1, 0.15) is 42.1 Å². The Hall–Kier alpha value is -1.55. The van der Waals surface area contributed by atoms with Crippen LogP contribution in [0.25, 0.3) is 0 Å². The van der Waals surface area contributed by atoms with Gasteiger partial charge >= 0.3 is 0 Å². The van der Waals surface area contributed by atoms with Crippen molar-refractivity contribution < 1.29 is 4.79 Å². The van der Waals surface area contributed by atoms with Crippen LogP contribution in [0.5, 0.6) is 0 Å². The largest absolute Gasteiger partial charge is 0.336 e. The van der Waals surface area contributed by atoms with E-state index in [1.165, 1.54) is 6.42 Å². The minimum atomic E-state index is 0.0823. The van der Waals surface area contributed by atoms with E-state index in [0.717, 1.165) is 24.9 Å². The third-order valence-electron chi connectivity index (χ3n) is 3.62. The van der Waals surface area contributed by atoms with Crippen molar-refractivity contribution in [2.45, 2.75) is 39.2 Å². The molecule has 3 N–H and O–H groups in total.